The molecule has 1 N–H and O–H groups in total. The molecule has 2 rings (SSSR count). The topological polar surface area (TPSA) is 21.3 Å². The van der Waals surface area contributed by atoms with E-state index in [4.69, 9.17) is 16.3 Å². The number of ether oxygens (including phenoxy) is 1. The van der Waals surface area contributed by atoms with Gasteiger partial charge in [0.05, 0.1) is 6.61 Å². The molecule has 0 saturated carbocycles. The lowest BCUT2D eigenvalue weighted by Crippen LogP contribution is -2.09. The Morgan fingerprint density at radius 1 is 1.00 bits per heavy atom. The van der Waals surface area contributed by atoms with E-state index in [2.05, 4.69) is 37.4 Å². The smallest absolute Gasteiger partial charge is 0.119 e. The first kappa shape index (κ1) is 14.7. The van der Waals surface area contributed by atoms with E-state index in [1.807, 2.05) is 24.3 Å². The van der Waals surface area contributed by atoms with Crippen molar-refractivity contribution in [2.75, 3.05) is 18.5 Å². The van der Waals surface area contributed by atoms with Crippen LogP contribution in [0, 0.1) is 13.8 Å². The molecule has 0 amide bonds. The number of aryl methyl sites for hydroxylation is 2. The van der Waals surface area contributed by atoms with Crippen molar-refractivity contribution in [1.29, 1.82) is 0 Å². The average molecular weight is 290 g/mol. The molecule has 0 saturated heterocycles. The van der Waals surface area contributed by atoms with Crippen LogP contribution in [0.4, 0.5) is 5.69 Å². The van der Waals surface area contributed by atoms with Gasteiger partial charge in [0.15, 0.2) is 0 Å². The summed E-state index contributed by atoms with van der Waals surface area (Å²) in [4.78, 5) is 0. The Labute approximate surface area is 125 Å². The molecule has 3 heteroatoms. The Hall–Kier alpha value is -1.67. The van der Waals surface area contributed by atoms with Crippen molar-refractivity contribution in [2.45, 2.75) is 20.3 Å². The summed E-state index contributed by atoms with van der Waals surface area (Å²) in [5.41, 5.74) is 3.80. The maximum atomic E-state index is 5.83. The zero-order valence-corrected chi connectivity index (χ0v) is 12.7. The lowest BCUT2D eigenvalue weighted by Gasteiger charge is -2.12. The fourth-order valence-corrected chi connectivity index (χ4v) is 2.23. The standard InChI is InChI=1S/C17H20ClNO/c1-13-5-3-6-14(2)17(13)19-11-4-12-20-16-9-7-15(18)8-10-16/h3,5-10,19H,4,11-12H2,1-2H3. The van der Waals surface area contributed by atoms with Crippen molar-refractivity contribution >= 4 is 17.3 Å². The van der Waals surface area contributed by atoms with Crippen LogP contribution in [0.3, 0.4) is 0 Å². The Balaban J connectivity index is 1.73. The molecular weight excluding hydrogens is 270 g/mol. The molecule has 0 aliphatic heterocycles. The largest absolute Gasteiger partial charge is 0.494 e. The SMILES string of the molecule is Cc1cccc(C)c1NCCCOc1ccc(Cl)cc1. The van der Waals surface area contributed by atoms with Crippen LogP contribution in [0.2, 0.25) is 5.02 Å². The first-order chi connectivity index (χ1) is 9.66. The third kappa shape index (κ3) is 4.17. The van der Waals surface area contributed by atoms with Gasteiger partial charge in [-0.3, -0.25) is 0 Å². The van der Waals surface area contributed by atoms with Gasteiger partial charge in [0.2, 0.25) is 0 Å². The Kier molecular flexibility index (Phi) is 5.31. The highest BCUT2D eigenvalue weighted by Gasteiger charge is 2.00. The van der Waals surface area contributed by atoms with E-state index in [9.17, 15) is 0 Å². The molecule has 0 aliphatic rings. The van der Waals surface area contributed by atoms with Crippen molar-refractivity contribution in [3.63, 3.8) is 0 Å². The number of halogens is 1. The van der Waals surface area contributed by atoms with Crippen LogP contribution in [-0.4, -0.2) is 13.2 Å². The van der Waals surface area contributed by atoms with Crippen molar-refractivity contribution in [3.8, 4) is 5.75 Å². The van der Waals surface area contributed by atoms with Gasteiger partial charge in [-0.2, -0.15) is 0 Å². The number of nitrogens with one attached hydrogen (secondary N) is 1. The molecular formula is C17H20ClNO. The lowest BCUT2D eigenvalue weighted by molar-refractivity contribution is 0.315. The highest BCUT2D eigenvalue weighted by molar-refractivity contribution is 6.30. The summed E-state index contributed by atoms with van der Waals surface area (Å²) in [5.74, 6) is 0.862. The molecule has 0 bridgehead atoms. The monoisotopic (exact) mass is 289 g/mol. The van der Waals surface area contributed by atoms with Gasteiger partial charge in [0.1, 0.15) is 5.75 Å². The van der Waals surface area contributed by atoms with Gasteiger partial charge in [-0.25, -0.2) is 0 Å². The predicted molar refractivity (Wildman–Crippen MR) is 86.0 cm³/mol. The molecule has 2 nitrogen and oxygen atoms in total. The zero-order chi connectivity index (χ0) is 14.4. The van der Waals surface area contributed by atoms with Crippen molar-refractivity contribution in [3.05, 3.63) is 58.6 Å². The fourth-order valence-electron chi connectivity index (χ4n) is 2.10. The van der Waals surface area contributed by atoms with Gasteiger partial charge >= 0.3 is 0 Å². The van der Waals surface area contributed by atoms with E-state index in [0.717, 1.165) is 23.7 Å². The van der Waals surface area contributed by atoms with Crippen LogP contribution in [0.15, 0.2) is 42.5 Å². The number of hydrogen-bond donors (Lipinski definition) is 1. The third-order valence-electron chi connectivity index (χ3n) is 3.19. The van der Waals surface area contributed by atoms with Gasteiger partial charge < -0.3 is 10.1 Å². The van der Waals surface area contributed by atoms with Crippen LogP contribution >= 0.6 is 11.6 Å². The van der Waals surface area contributed by atoms with E-state index in [1.165, 1.54) is 16.8 Å². The average Bonchev–Trinajstić information content (AvgIpc) is 2.43. The molecule has 0 heterocycles. The van der Waals surface area contributed by atoms with Crippen molar-refractivity contribution < 1.29 is 4.74 Å². The first-order valence-corrected chi connectivity index (χ1v) is 7.23. The van der Waals surface area contributed by atoms with Crippen LogP contribution in [0.25, 0.3) is 0 Å². The molecule has 0 aromatic heterocycles. The molecule has 0 radical (unpaired) electrons. The molecule has 106 valence electrons. The number of rotatable bonds is 6. The molecule has 0 unspecified atom stereocenters. The molecule has 0 spiro atoms. The molecule has 20 heavy (non-hydrogen) atoms. The molecule has 0 fully saturated rings. The highest BCUT2D eigenvalue weighted by atomic mass is 35.5. The van der Waals surface area contributed by atoms with Gasteiger partial charge in [-0.1, -0.05) is 29.8 Å². The summed E-state index contributed by atoms with van der Waals surface area (Å²) >= 11 is 5.83. The third-order valence-corrected chi connectivity index (χ3v) is 3.44. The Morgan fingerprint density at radius 2 is 1.65 bits per heavy atom. The van der Waals surface area contributed by atoms with Crippen LogP contribution in [0.5, 0.6) is 5.75 Å². The minimum absolute atomic E-state index is 0.694. The van der Waals surface area contributed by atoms with Crippen LogP contribution in [-0.2, 0) is 0 Å². The van der Waals surface area contributed by atoms with Gasteiger partial charge in [0, 0.05) is 17.3 Å². The molecule has 2 aromatic rings. The second-order valence-electron chi connectivity index (χ2n) is 4.85. The van der Waals surface area contributed by atoms with E-state index in [-0.39, 0.29) is 0 Å². The van der Waals surface area contributed by atoms with Gasteiger partial charge in [-0.15, -0.1) is 0 Å². The molecule has 0 aliphatic carbocycles. The highest BCUT2D eigenvalue weighted by Crippen LogP contribution is 2.19. The number of benzene rings is 2. The second kappa shape index (κ2) is 7.20. The van der Waals surface area contributed by atoms with Gasteiger partial charge in [-0.05, 0) is 55.7 Å². The summed E-state index contributed by atoms with van der Waals surface area (Å²) in [5, 5.41) is 4.21. The molecule has 2 aromatic carbocycles. The minimum atomic E-state index is 0.694. The van der Waals surface area contributed by atoms with E-state index in [1.54, 1.807) is 0 Å². The zero-order valence-electron chi connectivity index (χ0n) is 11.9. The maximum Gasteiger partial charge on any atom is 0.119 e. The van der Waals surface area contributed by atoms with Crippen molar-refractivity contribution in [2.24, 2.45) is 0 Å². The van der Waals surface area contributed by atoms with Gasteiger partial charge in [0.25, 0.3) is 0 Å². The maximum absolute atomic E-state index is 5.83. The summed E-state index contributed by atoms with van der Waals surface area (Å²) in [7, 11) is 0. The van der Waals surface area contributed by atoms with E-state index >= 15 is 0 Å². The summed E-state index contributed by atoms with van der Waals surface area (Å²) in [6.45, 7) is 5.85. The number of anilines is 1. The van der Waals surface area contributed by atoms with Crippen LogP contribution < -0.4 is 10.1 Å². The van der Waals surface area contributed by atoms with Crippen LogP contribution in [0.1, 0.15) is 17.5 Å². The molecule has 0 atom stereocenters. The number of hydrogen-bond acceptors (Lipinski definition) is 2. The summed E-state index contributed by atoms with van der Waals surface area (Å²) in [6.07, 6.45) is 0.955. The summed E-state index contributed by atoms with van der Waals surface area (Å²) in [6, 6.07) is 13.8. The number of para-hydroxylation sites is 1. The Bertz CT molecular complexity index is 531. The first-order valence-electron chi connectivity index (χ1n) is 6.85. The van der Waals surface area contributed by atoms with E-state index < -0.39 is 0 Å². The normalized spacial score (nSPS) is 10.3. The quantitative estimate of drug-likeness (QED) is 0.769. The minimum Gasteiger partial charge on any atom is -0.494 e. The van der Waals surface area contributed by atoms with Crippen molar-refractivity contribution in [1.82, 2.24) is 0 Å². The predicted octanol–water partition coefficient (Wildman–Crippen LogP) is 4.84. The Morgan fingerprint density at radius 3 is 2.30 bits per heavy atom. The summed E-state index contributed by atoms with van der Waals surface area (Å²) < 4.78 is 5.66. The lowest BCUT2D eigenvalue weighted by atomic mass is 10.1. The van der Waals surface area contributed by atoms with E-state index in [0.29, 0.717) is 6.61 Å². The fraction of sp³-hybridized carbons (Fsp3) is 0.294. The second-order valence-corrected chi connectivity index (χ2v) is 5.29.